The van der Waals surface area contributed by atoms with Crippen LogP contribution in [-0.2, 0) is 0 Å². The first kappa shape index (κ1) is 23.4. The van der Waals surface area contributed by atoms with E-state index in [0.29, 0.717) is 5.82 Å². The van der Waals surface area contributed by atoms with Crippen LogP contribution in [0.15, 0.2) is 140 Å². The molecule has 4 nitrogen and oxygen atoms in total. The molecule has 0 saturated carbocycles. The maximum Gasteiger partial charge on any atom is 0.196 e. The van der Waals surface area contributed by atoms with Crippen molar-refractivity contribution in [3.8, 4) is 39.7 Å². The van der Waals surface area contributed by atoms with Gasteiger partial charge in [0.05, 0.1) is 17.1 Å². The Bertz CT molecular complexity index is 1980. The lowest BCUT2D eigenvalue weighted by atomic mass is 9.98. The molecule has 0 fully saturated rings. The molecule has 6 aromatic carbocycles. The molecule has 4 heteroatoms. The van der Waals surface area contributed by atoms with Gasteiger partial charge in [0.1, 0.15) is 5.75 Å². The third kappa shape index (κ3) is 4.17. The largest absolute Gasteiger partial charge is 0.464 e. The average Bonchev–Trinajstić information content (AvgIpc) is 3.50. The Kier molecular flexibility index (Phi) is 5.49. The number of benzene rings is 6. The van der Waals surface area contributed by atoms with Crippen LogP contribution in [0.3, 0.4) is 0 Å². The van der Waals surface area contributed by atoms with Crippen molar-refractivity contribution in [1.29, 1.82) is 0 Å². The summed E-state index contributed by atoms with van der Waals surface area (Å²) in [6.45, 7) is 0. The molecule has 41 heavy (non-hydrogen) atoms. The van der Waals surface area contributed by atoms with E-state index in [4.69, 9.17) is 14.7 Å². The van der Waals surface area contributed by atoms with Crippen LogP contribution in [0.2, 0.25) is 0 Å². The molecule has 1 atom stereocenters. The smallest absolute Gasteiger partial charge is 0.196 e. The summed E-state index contributed by atoms with van der Waals surface area (Å²) in [5.74, 6) is 1.56. The van der Waals surface area contributed by atoms with Crippen LogP contribution in [0.4, 0.5) is 5.69 Å². The van der Waals surface area contributed by atoms with Gasteiger partial charge in [-0.25, -0.2) is 9.97 Å². The summed E-state index contributed by atoms with van der Waals surface area (Å²) >= 11 is 0. The van der Waals surface area contributed by atoms with Gasteiger partial charge in [0.15, 0.2) is 12.1 Å². The highest BCUT2D eigenvalue weighted by Crippen LogP contribution is 2.45. The molecule has 1 unspecified atom stereocenters. The molecule has 1 N–H and O–H groups in total. The van der Waals surface area contributed by atoms with Gasteiger partial charge < -0.3 is 10.1 Å². The molecular weight excluding hydrogens is 502 g/mol. The van der Waals surface area contributed by atoms with Crippen LogP contribution in [0.1, 0.15) is 11.8 Å². The van der Waals surface area contributed by atoms with Crippen molar-refractivity contribution in [2.45, 2.75) is 6.23 Å². The standard InChI is InChI=1S/C37H25N3O/c1-4-10-25(11-5-1)31-23-32(26-12-6-2-7-13-26)39-36(38-31)29-19-17-24-16-18-27-20-21-33-35(34(27)30(24)22-29)40-37(41-33)28-14-8-3-9-15-28/h1-23,37,40H. The minimum absolute atomic E-state index is 0.227. The second-order valence-corrected chi connectivity index (χ2v) is 10.3. The minimum atomic E-state index is -0.227. The maximum absolute atomic E-state index is 6.36. The van der Waals surface area contributed by atoms with Gasteiger partial charge in [-0.05, 0) is 34.4 Å². The van der Waals surface area contributed by atoms with Crippen molar-refractivity contribution in [3.63, 3.8) is 0 Å². The number of nitrogens with one attached hydrogen (secondary N) is 1. The summed E-state index contributed by atoms with van der Waals surface area (Å²) in [6.07, 6.45) is -0.227. The Morgan fingerprint density at radius 3 is 1.80 bits per heavy atom. The Morgan fingerprint density at radius 2 is 1.12 bits per heavy atom. The van der Waals surface area contributed by atoms with Crippen LogP contribution < -0.4 is 10.1 Å². The van der Waals surface area contributed by atoms with Crippen molar-refractivity contribution in [3.05, 3.63) is 145 Å². The maximum atomic E-state index is 6.36. The Balaban J connectivity index is 1.31. The first-order chi connectivity index (χ1) is 20.3. The van der Waals surface area contributed by atoms with E-state index < -0.39 is 0 Å². The molecule has 1 aromatic heterocycles. The fourth-order valence-corrected chi connectivity index (χ4v) is 5.66. The van der Waals surface area contributed by atoms with Gasteiger partial charge in [0.25, 0.3) is 0 Å². The quantitative estimate of drug-likeness (QED) is 0.232. The monoisotopic (exact) mass is 527 g/mol. The normalized spacial score (nSPS) is 14.0. The SMILES string of the molecule is c1ccc(-c2cc(-c3ccccc3)nc(-c3ccc4ccc5ccc6c(c5c4c3)NC(c3ccccc3)O6)n2)cc1. The Hall–Kier alpha value is -5.48. The van der Waals surface area contributed by atoms with E-state index in [-0.39, 0.29) is 6.23 Å². The van der Waals surface area contributed by atoms with Gasteiger partial charge in [-0.15, -0.1) is 0 Å². The van der Waals surface area contributed by atoms with Crippen molar-refractivity contribution in [1.82, 2.24) is 9.97 Å². The number of hydrogen-bond acceptors (Lipinski definition) is 4. The van der Waals surface area contributed by atoms with Gasteiger partial charge >= 0.3 is 0 Å². The molecule has 0 amide bonds. The first-order valence-corrected chi connectivity index (χ1v) is 13.8. The molecule has 0 saturated heterocycles. The number of fused-ring (bicyclic) bond motifs is 5. The van der Waals surface area contributed by atoms with Crippen LogP contribution >= 0.6 is 0 Å². The lowest BCUT2D eigenvalue weighted by molar-refractivity contribution is 0.260. The van der Waals surface area contributed by atoms with Crippen LogP contribution in [0, 0.1) is 0 Å². The zero-order valence-corrected chi connectivity index (χ0v) is 22.2. The predicted octanol–water partition coefficient (Wildman–Crippen LogP) is 9.29. The van der Waals surface area contributed by atoms with Gasteiger partial charge in [-0.3, -0.25) is 0 Å². The van der Waals surface area contributed by atoms with Gasteiger partial charge in [0, 0.05) is 27.6 Å². The second-order valence-electron chi connectivity index (χ2n) is 10.3. The zero-order valence-electron chi connectivity index (χ0n) is 22.2. The first-order valence-electron chi connectivity index (χ1n) is 13.8. The third-order valence-corrected chi connectivity index (χ3v) is 7.71. The molecule has 0 bridgehead atoms. The lowest BCUT2D eigenvalue weighted by Gasteiger charge is -2.12. The van der Waals surface area contributed by atoms with E-state index in [1.165, 1.54) is 0 Å². The number of rotatable bonds is 4. The summed E-state index contributed by atoms with van der Waals surface area (Å²) in [4.78, 5) is 10.1. The van der Waals surface area contributed by atoms with Gasteiger partial charge in [-0.2, -0.15) is 0 Å². The molecule has 7 aromatic rings. The molecule has 1 aliphatic rings. The Labute approximate surface area is 237 Å². The zero-order chi connectivity index (χ0) is 27.2. The second kappa shape index (κ2) is 9.61. The van der Waals surface area contributed by atoms with E-state index in [9.17, 15) is 0 Å². The van der Waals surface area contributed by atoms with E-state index in [2.05, 4.69) is 90.2 Å². The van der Waals surface area contributed by atoms with Crippen molar-refractivity contribution in [2.75, 3.05) is 5.32 Å². The van der Waals surface area contributed by atoms with Crippen LogP contribution in [-0.4, -0.2) is 9.97 Å². The summed E-state index contributed by atoms with van der Waals surface area (Å²) in [6, 6.07) is 48.0. The number of ether oxygens (including phenoxy) is 1. The van der Waals surface area contributed by atoms with Crippen molar-refractivity contribution in [2.24, 2.45) is 0 Å². The summed E-state index contributed by atoms with van der Waals surface area (Å²) in [5, 5.41) is 8.24. The fourth-order valence-electron chi connectivity index (χ4n) is 5.66. The Morgan fingerprint density at radius 1 is 0.537 bits per heavy atom. The lowest BCUT2D eigenvalue weighted by Crippen LogP contribution is -2.09. The highest BCUT2D eigenvalue weighted by Gasteiger charge is 2.26. The summed E-state index contributed by atoms with van der Waals surface area (Å²) in [5.41, 5.74) is 7.00. The number of hydrogen-bond donors (Lipinski definition) is 1. The highest BCUT2D eigenvalue weighted by molar-refractivity contribution is 6.15. The molecule has 0 aliphatic carbocycles. The molecule has 8 rings (SSSR count). The minimum Gasteiger partial charge on any atom is -0.464 e. The molecule has 0 spiro atoms. The number of nitrogens with zero attached hydrogens (tertiary/aromatic N) is 2. The molecular formula is C37H25N3O. The number of aromatic nitrogens is 2. The van der Waals surface area contributed by atoms with Crippen molar-refractivity contribution < 1.29 is 4.74 Å². The third-order valence-electron chi connectivity index (χ3n) is 7.71. The van der Waals surface area contributed by atoms with E-state index in [1.807, 2.05) is 54.6 Å². The van der Waals surface area contributed by atoms with E-state index >= 15 is 0 Å². The van der Waals surface area contributed by atoms with Crippen molar-refractivity contribution >= 4 is 27.2 Å². The van der Waals surface area contributed by atoms with Gasteiger partial charge in [0.2, 0.25) is 0 Å². The van der Waals surface area contributed by atoms with Crippen LogP contribution in [0.5, 0.6) is 5.75 Å². The van der Waals surface area contributed by atoms with E-state index in [0.717, 1.165) is 66.6 Å². The average molecular weight is 528 g/mol. The highest BCUT2D eigenvalue weighted by atomic mass is 16.5. The summed E-state index contributed by atoms with van der Waals surface area (Å²) in [7, 11) is 0. The molecule has 194 valence electrons. The van der Waals surface area contributed by atoms with Crippen LogP contribution in [0.25, 0.3) is 55.4 Å². The molecule has 1 aliphatic heterocycles. The molecule has 2 heterocycles. The fraction of sp³-hybridized carbons (Fsp3) is 0.0270. The van der Waals surface area contributed by atoms with E-state index in [1.54, 1.807) is 0 Å². The van der Waals surface area contributed by atoms with Gasteiger partial charge in [-0.1, -0.05) is 121 Å². The topological polar surface area (TPSA) is 47.0 Å². The predicted molar refractivity (Wildman–Crippen MR) is 167 cm³/mol. The molecule has 0 radical (unpaired) electrons. The number of anilines is 1. The summed E-state index contributed by atoms with van der Waals surface area (Å²) < 4.78 is 6.36.